The minimum atomic E-state index is -0.647. The maximum atomic E-state index is 14.1. The van der Waals surface area contributed by atoms with Gasteiger partial charge in [-0.05, 0) is 37.2 Å². The Bertz CT molecular complexity index is 1150. The topological polar surface area (TPSA) is 69.4 Å². The Hall–Kier alpha value is -3.13. The number of hydrogen-bond acceptors (Lipinski definition) is 6. The van der Waals surface area contributed by atoms with Crippen LogP contribution in [0.2, 0.25) is 0 Å². The monoisotopic (exact) mass is 382 g/mol. The van der Waals surface area contributed by atoms with Gasteiger partial charge in [-0.2, -0.15) is 0 Å². The van der Waals surface area contributed by atoms with E-state index < -0.39 is 5.82 Å². The first-order valence-corrected chi connectivity index (χ1v) is 9.13. The number of thiophene rings is 1. The van der Waals surface area contributed by atoms with Crippen LogP contribution < -0.4 is 4.74 Å². The first-order valence-electron chi connectivity index (χ1n) is 8.32. The van der Waals surface area contributed by atoms with E-state index in [1.165, 1.54) is 23.5 Å². The predicted octanol–water partition coefficient (Wildman–Crippen LogP) is 5.82. The van der Waals surface area contributed by atoms with E-state index in [9.17, 15) is 9.30 Å². The molecule has 0 radical (unpaired) electrons. The minimum Gasteiger partial charge on any atom is -0.453 e. The molecule has 0 aliphatic carbocycles. The first-order chi connectivity index (χ1) is 13.1. The fraction of sp³-hybridized carbons (Fsp3) is 0.158. The van der Waals surface area contributed by atoms with Gasteiger partial charge >= 0.3 is 0 Å². The second-order valence-corrected chi connectivity index (χ2v) is 6.96. The van der Waals surface area contributed by atoms with Crippen molar-refractivity contribution in [3.8, 4) is 22.1 Å². The van der Waals surface area contributed by atoms with E-state index in [-0.39, 0.29) is 11.4 Å². The average molecular weight is 382 g/mol. The summed E-state index contributed by atoms with van der Waals surface area (Å²) in [6.07, 6.45) is 3.43. The molecule has 0 atom stereocenters. The lowest BCUT2D eigenvalue weighted by Gasteiger charge is -2.07. The third kappa shape index (κ3) is 3.08. The summed E-state index contributed by atoms with van der Waals surface area (Å²) in [5, 5.41) is 2.72. The lowest BCUT2D eigenvalue weighted by Crippen LogP contribution is -1.93. The highest BCUT2D eigenvalue weighted by Crippen LogP contribution is 2.40. The summed E-state index contributed by atoms with van der Waals surface area (Å²) in [5.41, 5.74) is 2.75. The zero-order chi connectivity index (χ0) is 19.0. The van der Waals surface area contributed by atoms with Crippen LogP contribution in [0.25, 0.3) is 20.8 Å². The SMILES string of the molecule is CCn1cnc(-c2cc3nccc(Oc4ccc(N=O)cc4F)c3s2)c1C. The number of fused-ring (bicyclic) bond motifs is 1. The van der Waals surface area contributed by atoms with E-state index >= 15 is 0 Å². The number of imidazole rings is 1. The standard InChI is InChI=1S/C19H15FN4O2S/c1-3-24-10-22-18(11(24)2)17-9-14-19(27-17)16(6-7-21-14)26-15-5-4-12(23-25)8-13(15)20/h4-10H,3H2,1-2H3. The molecule has 0 unspecified atom stereocenters. The number of pyridine rings is 1. The van der Waals surface area contributed by atoms with Crippen LogP contribution in [0.5, 0.6) is 11.5 Å². The van der Waals surface area contributed by atoms with Crippen LogP contribution >= 0.6 is 11.3 Å². The molecular weight excluding hydrogens is 367 g/mol. The number of nitroso groups, excluding NO2 is 1. The average Bonchev–Trinajstić information content (AvgIpc) is 3.26. The van der Waals surface area contributed by atoms with Crippen LogP contribution in [0.15, 0.2) is 48.0 Å². The summed E-state index contributed by atoms with van der Waals surface area (Å²) in [4.78, 5) is 20.4. The number of aryl methyl sites for hydroxylation is 1. The van der Waals surface area contributed by atoms with Gasteiger partial charge in [0.1, 0.15) is 17.1 Å². The van der Waals surface area contributed by atoms with E-state index in [4.69, 9.17) is 4.74 Å². The summed E-state index contributed by atoms with van der Waals surface area (Å²) in [6.45, 7) is 4.94. The molecule has 27 heavy (non-hydrogen) atoms. The number of ether oxygens (including phenoxy) is 1. The van der Waals surface area contributed by atoms with Gasteiger partial charge < -0.3 is 9.30 Å². The first kappa shape index (κ1) is 17.3. The van der Waals surface area contributed by atoms with Gasteiger partial charge in [0, 0.05) is 30.6 Å². The van der Waals surface area contributed by atoms with Crippen molar-refractivity contribution in [2.75, 3.05) is 0 Å². The van der Waals surface area contributed by atoms with Gasteiger partial charge in [0.25, 0.3) is 0 Å². The molecule has 0 N–H and O–H groups in total. The van der Waals surface area contributed by atoms with Crippen molar-refractivity contribution in [3.63, 3.8) is 0 Å². The van der Waals surface area contributed by atoms with Crippen molar-refractivity contribution in [1.82, 2.24) is 14.5 Å². The van der Waals surface area contributed by atoms with E-state index in [1.54, 1.807) is 12.3 Å². The van der Waals surface area contributed by atoms with Gasteiger partial charge in [-0.1, -0.05) is 0 Å². The van der Waals surface area contributed by atoms with Crippen molar-refractivity contribution in [2.24, 2.45) is 5.18 Å². The fourth-order valence-corrected chi connectivity index (χ4v) is 3.98. The third-order valence-electron chi connectivity index (χ3n) is 4.29. The number of rotatable bonds is 5. The fourth-order valence-electron chi connectivity index (χ4n) is 2.86. The molecule has 4 aromatic rings. The van der Waals surface area contributed by atoms with E-state index in [2.05, 4.69) is 26.6 Å². The molecule has 3 heterocycles. The van der Waals surface area contributed by atoms with Crippen LogP contribution in [0.1, 0.15) is 12.6 Å². The van der Waals surface area contributed by atoms with Gasteiger partial charge in [0.05, 0.1) is 21.4 Å². The van der Waals surface area contributed by atoms with Crippen LogP contribution in [0, 0.1) is 17.6 Å². The van der Waals surface area contributed by atoms with E-state index in [0.29, 0.717) is 5.75 Å². The van der Waals surface area contributed by atoms with Gasteiger partial charge in [-0.15, -0.1) is 16.2 Å². The van der Waals surface area contributed by atoms with Crippen molar-refractivity contribution in [1.29, 1.82) is 0 Å². The zero-order valence-corrected chi connectivity index (χ0v) is 15.5. The smallest absolute Gasteiger partial charge is 0.167 e. The minimum absolute atomic E-state index is 0.0140. The highest BCUT2D eigenvalue weighted by Gasteiger charge is 2.16. The molecule has 3 aromatic heterocycles. The van der Waals surface area contributed by atoms with Crippen LogP contribution in [0.3, 0.4) is 0 Å². The molecule has 1 aromatic carbocycles. The Morgan fingerprint density at radius 3 is 2.78 bits per heavy atom. The number of hydrogen-bond donors (Lipinski definition) is 0. The van der Waals surface area contributed by atoms with Gasteiger partial charge in [-0.3, -0.25) is 4.98 Å². The normalized spacial score (nSPS) is 11.1. The lowest BCUT2D eigenvalue weighted by atomic mass is 10.2. The maximum Gasteiger partial charge on any atom is 0.167 e. The van der Waals surface area contributed by atoms with Gasteiger partial charge in [0.2, 0.25) is 0 Å². The largest absolute Gasteiger partial charge is 0.453 e. The van der Waals surface area contributed by atoms with Crippen molar-refractivity contribution in [3.05, 3.63) is 59.3 Å². The predicted molar refractivity (Wildman–Crippen MR) is 103 cm³/mol. The zero-order valence-electron chi connectivity index (χ0n) is 14.6. The number of nitrogens with zero attached hydrogens (tertiary/aromatic N) is 4. The molecule has 0 saturated heterocycles. The molecule has 0 aliphatic rings. The number of aromatic nitrogens is 3. The molecule has 8 heteroatoms. The number of halogens is 1. The molecule has 136 valence electrons. The Morgan fingerprint density at radius 2 is 2.07 bits per heavy atom. The molecule has 0 aliphatic heterocycles. The highest BCUT2D eigenvalue weighted by atomic mass is 32.1. The maximum absolute atomic E-state index is 14.1. The summed E-state index contributed by atoms with van der Waals surface area (Å²) >= 11 is 1.49. The van der Waals surface area contributed by atoms with E-state index in [1.807, 2.05) is 19.3 Å². The van der Waals surface area contributed by atoms with Crippen LogP contribution in [-0.2, 0) is 6.54 Å². The Kier molecular flexibility index (Phi) is 4.41. The van der Waals surface area contributed by atoms with Crippen molar-refractivity contribution in [2.45, 2.75) is 20.4 Å². The molecule has 0 amide bonds. The van der Waals surface area contributed by atoms with Crippen molar-refractivity contribution >= 4 is 27.2 Å². The molecule has 4 rings (SSSR count). The van der Waals surface area contributed by atoms with Gasteiger partial charge in [-0.25, -0.2) is 9.37 Å². The molecular formula is C19H15FN4O2S. The molecule has 6 nitrogen and oxygen atoms in total. The lowest BCUT2D eigenvalue weighted by molar-refractivity contribution is 0.447. The summed E-state index contributed by atoms with van der Waals surface area (Å²) in [5.74, 6) is -0.128. The molecule has 0 fully saturated rings. The summed E-state index contributed by atoms with van der Waals surface area (Å²) in [7, 11) is 0. The third-order valence-corrected chi connectivity index (χ3v) is 5.44. The highest BCUT2D eigenvalue weighted by molar-refractivity contribution is 7.22. The van der Waals surface area contributed by atoms with Crippen molar-refractivity contribution < 1.29 is 9.13 Å². The summed E-state index contributed by atoms with van der Waals surface area (Å²) < 4.78 is 22.8. The summed E-state index contributed by atoms with van der Waals surface area (Å²) in [6, 6.07) is 7.48. The molecule has 0 bridgehead atoms. The quantitative estimate of drug-likeness (QED) is 0.408. The van der Waals surface area contributed by atoms with Crippen LogP contribution in [-0.4, -0.2) is 14.5 Å². The molecule has 0 saturated carbocycles. The number of benzene rings is 1. The second kappa shape index (κ2) is 6.88. The molecule has 0 spiro atoms. The Balaban J connectivity index is 1.75. The second-order valence-electron chi connectivity index (χ2n) is 5.91. The Morgan fingerprint density at radius 1 is 1.22 bits per heavy atom. The Labute approximate surface area is 158 Å². The van der Waals surface area contributed by atoms with Gasteiger partial charge in [0.15, 0.2) is 11.6 Å². The van der Waals surface area contributed by atoms with Crippen LogP contribution in [0.4, 0.5) is 10.1 Å². The van der Waals surface area contributed by atoms with E-state index in [0.717, 1.165) is 39.1 Å².